The van der Waals surface area contributed by atoms with Gasteiger partial charge in [0.2, 0.25) is 0 Å². The average molecular weight is 410 g/mol. The molecule has 2 aromatic carbocycles. The van der Waals surface area contributed by atoms with Crippen molar-refractivity contribution in [2.24, 2.45) is 0 Å². The van der Waals surface area contributed by atoms with Crippen molar-refractivity contribution in [3.63, 3.8) is 0 Å². The Morgan fingerprint density at radius 3 is 2.45 bits per heavy atom. The molecule has 0 aliphatic heterocycles. The fourth-order valence-electron chi connectivity index (χ4n) is 2.63. The molecule has 6 nitrogen and oxygen atoms in total. The predicted molar refractivity (Wildman–Crippen MR) is 113 cm³/mol. The van der Waals surface area contributed by atoms with E-state index in [0.29, 0.717) is 23.2 Å². The van der Waals surface area contributed by atoms with E-state index in [2.05, 4.69) is 10.3 Å². The van der Waals surface area contributed by atoms with Crippen molar-refractivity contribution in [1.29, 1.82) is 0 Å². The molecule has 0 unspecified atom stereocenters. The van der Waals surface area contributed by atoms with Crippen LogP contribution in [0, 0.1) is 0 Å². The van der Waals surface area contributed by atoms with Gasteiger partial charge in [-0.2, -0.15) is 0 Å². The summed E-state index contributed by atoms with van der Waals surface area (Å²) in [7, 11) is 0. The molecule has 7 heteroatoms. The quantitative estimate of drug-likeness (QED) is 0.560. The highest BCUT2D eigenvalue weighted by molar-refractivity contribution is 7.13. The lowest BCUT2D eigenvalue weighted by Gasteiger charge is -2.14. The van der Waals surface area contributed by atoms with Crippen LogP contribution in [0.4, 0.5) is 5.13 Å². The maximum Gasteiger partial charge on any atom is 0.311 e. The molecule has 0 saturated carbocycles. The smallest absolute Gasteiger partial charge is 0.311 e. The van der Waals surface area contributed by atoms with Gasteiger partial charge in [-0.05, 0) is 37.1 Å². The number of hydrogen-bond donors (Lipinski definition) is 1. The molecule has 1 amide bonds. The number of amides is 1. The molecule has 1 heterocycles. The Kier molecular flexibility index (Phi) is 6.97. The molecule has 0 aliphatic rings. The molecule has 0 bridgehead atoms. The first-order valence-corrected chi connectivity index (χ1v) is 10.2. The van der Waals surface area contributed by atoms with Gasteiger partial charge in [-0.25, -0.2) is 4.98 Å². The number of rotatable bonds is 8. The monoisotopic (exact) mass is 410 g/mol. The Balaban J connectivity index is 1.54. The van der Waals surface area contributed by atoms with Crippen molar-refractivity contribution in [1.82, 2.24) is 4.98 Å². The van der Waals surface area contributed by atoms with Crippen LogP contribution in [0.5, 0.6) is 5.75 Å². The molecule has 3 aromatic rings. The minimum atomic E-state index is -0.699. The van der Waals surface area contributed by atoms with Gasteiger partial charge in [-0.3, -0.25) is 14.9 Å². The van der Waals surface area contributed by atoms with E-state index < -0.39 is 6.10 Å². The Morgan fingerprint density at radius 1 is 1.07 bits per heavy atom. The van der Waals surface area contributed by atoms with Crippen LogP contribution in [-0.2, 0) is 20.7 Å². The highest BCUT2D eigenvalue weighted by Crippen LogP contribution is 2.23. The Bertz CT molecular complexity index is 954. The Morgan fingerprint density at radius 2 is 1.76 bits per heavy atom. The zero-order valence-corrected chi connectivity index (χ0v) is 17.1. The predicted octanol–water partition coefficient (Wildman–Crippen LogP) is 4.32. The first-order chi connectivity index (χ1) is 14.0. The Hall–Kier alpha value is -3.19. The molecule has 1 aromatic heterocycles. The van der Waals surface area contributed by atoms with Gasteiger partial charge >= 0.3 is 5.97 Å². The highest BCUT2D eigenvalue weighted by atomic mass is 32.1. The molecule has 0 fully saturated rings. The molecule has 150 valence electrons. The van der Waals surface area contributed by atoms with Gasteiger partial charge in [0.05, 0.1) is 18.7 Å². The minimum Gasteiger partial charge on any atom is -0.481 e. The lowest BCUT2D eigenvalue weighted by molar-refractivity contribution is -0.142. The number of benzene rings is 2. The number of hydrogen-bond acceptors (Lipinski definition) is 6. The number of thiazole rings is 1. The van der Waals surface area contributed by atoms with Gasteiger partial charge < -0.3 is 9.47 Å². The first-order valence-electron chi connectivity index (χ1n) is 9.28. The van der Waals surface area contributed by atoms with Crippen molar-refractivity contribution in [3.8, 4) is 16.9 Å². The van der Waals surface area contributed by atoms with Crippen molar-refractivity contribution >= 4 is 28.3 Å². The Labute approximate surface area is 173 Å². The minimum absolute atomic E-state index is 0.0834. The van der Waals surface area contributed by atoms with Gasteiger partial charge in [0, 0.05) is 5.38 Å². The largest absolute Gasteiger partial charge is 0.481 e. The van der Waals surface area contributed by atoms with Crippen LogP contribution in [0.2, 0.25) is 0 Å². The van der Waals surface area contributed by atoms with Crippen LogP contribution in [-0.4, -0.2) is 29.6 Å². The van der Waals surface area contributed by atoms with E-state index in [-0.39, 0.29) is 18.3 Å². The third-order valence-electron chi connectivity index (χ3n) is 4.06. The van der Waals surface area contributed by atoms with Gasteiger partial charge in [-0.1, -0.05) is 42.5 Å². The molecule has 1 atom stereocenters. The number of ether oxygens (including phenoxy) is 2. The average Bonchev–Trinajstić information content (AvgIpc) is 3.16. The second-order valence-electron chi connectivity index (χ2n) is 6.27. The number of anilines is 1. The van der Waals surface area contributed by atoms with E-state index in [0.717, 1.165) is 11.1 Å². The maximum absolute atomic E-state index is 12.4. The summed E-state index contributed by atoms with van der Waals surface area (Å²) in [6.07, 6.45) is -0.616. The highest BCUT2D eigenvalue weighted by Gasteiger charge is 2.17. The van der Waals surface area contributed by atoms with Crippen molar-refractivity contribution < 1.29 is 19.1 Å². The maximum atomic E-state index is 12.4. The second kappa shape index (κ2) is 9.84. The summed E-state index contributed by atoms with van der Waals surface area (Å²) in [6, 6.07) is 17.6. The van der Waals surface area contributed by atoms with E-state index in [9.17, 15) is 9.59 Å². The molecule has 1 N–H and O–H groups in total. The van der Waals surface area contributed by atoms with Crippen LogP contribution in [0.3, 0.4) is 0 Å². The number of nitrogens with zero attached hydrogens (tertiary/aromatic N) is 1. The van der Waals surface area contributed by atoms with Crippen LogP contribution in [0.1, 0.15) is 19.5 Å². The van der Waals surface area contributed by atoms with E-state index in [1.54, 1.807) is 19.2 Å². The molecule has 0 radical (unpaired) electrons. The normalized spacial score (nSPS) is 11.5. The summed E-state index contributed by atoms with van der Waals surface area (Å²) in [5.41, 5.74) is 2.76. The van der Waals surface area contributed by atoms with Crippen molar-refractivity contribution in [3.05, 3.63) is 65.7 Å². The molecule has 0 spiro atoms. The lowest BCUT2D eigenvalue weighted by atomic mass is 10.1. The summed E-state index contributed by atoms with van der Waals surface area (Å²) in [5, 5.41) is 4.86. The SMILES string of the molecule is CCOC(=O)Cc1csc(NC(=O)[C@H](C)Oc2ccc(-c3ccccc3)cc2)n1. The molecule has 29 heavy (non-hydrogen) atoms. The van der Waals surface area contributed by atoms with Gasteiger partial charge in [-0.15, -0.1) is 11.3 Å². The number of carbonyl (C=O) groups is 2. The summed E-state index contributed by atoms with van der Waals surface area (Å²) >= 11 is 1.25. The molecule has 0 saturated heterocycles. The van der Waals surface area contributed by atoms with Crippen LogP contribution in [0.25, 0.3) is 11.1 Å². The van der Waals surface area contributed by atoms with Crippen LogP contribution < -0.4 is 10.1 Å². The van der Waals surface area contributed by atoms with Crippen molar-refractivity contribution in [2.75, 3.05) is 11.9 Å². The number of nitrogens with one attached hydrogen (secondary N) is 1. The van der Waals surface area contributed by atoms with E-state index in [4.69, 9.17) is 9.47 Å². The third kappa shape index (κ3) is 5.89. The van der Waals surface area contributed by atoms with Crippen molar-refractivity contribution in [2.45, 2.75) is 26.4 Å². The molecular formula is C22H22N2O4S. The zero-order chi connectivity index (χ0) is 20.6. The topological polar surface area (TPSA) is 77.5 Å². The summed E-state index contributed by atoms with van der Waals surface area (Å²) in [6.45, 7) is 3.75. The third-order valence-corrected chi connectivity index (χ3v) is 4.86. The lowest BCUT2D eigenvalue weighted by Crippen LogP contribution is -2.30. The van der Waals surface area contributed by atoms with E-state index in [1.807, 2.05) is 54.6 Å². The molecule has 0 aliphatic carbocycles. The molecule has 3 rings (SSSR count). The summed E-state index contributed by atoms with van der Waals surface area (Å²) in [4.78, 5) is 28.1. The number of esters is 1. The first kappa shape index (κ1) is 20.5. The standard InChI is InChI=1S/C22H22N2O4S/c1-3-27-20(25)13-18-14-29-22(23-18)24-21(26)15(2)28-19-11-9-17(10-12-19)16-7-5-4-6-8-16/h4-12,14-15H,3,13H2,1-2H3,(H,23,24,26)/t15-/m0/s1. The number of aromatic nitrogens is 1. The van der Waals surface area contributed by atoms with Gasteiger partial charge in [0.1, 0.15) is 5.75 Å². The summed E-state index contributed by atoms with van der Waals surface area (Å²) < 4.78 is 10.6. The zero-order valence-electron chi connectivity index (χ0n) is 16.3. The summed E-state index contributed by atoms with van der Waals surface area (Å²) in [5.74, 6) is -0.0463. The fourth-order valence-corrected chi connectivity index (χ4v) is 3.34. The van der Waals surface area contributed by atoms with Gasteiger partial charge in [0.15, 0.2) is 11.2 Å². The number of carbonyl (C=O) groups excluding carboxylic acids is 2. The van der Waals surface area contributed by atoms with Gasteiger partial charge in [0.25, 0.3) is 5.91 Å². The fraction of sp³-hybridized carbons (Fsp3) is 0.227. The van der Waals surface area contributed by atoms with E-state index >= 15 is 0 Å². The van der Waals surface area contributed by atoms with Crippen LogP contribution in [0.15, 0.2) is 60.0 Å². The second-order valence-corrected chi connectivity index (χ2v) is 7.12. The van der Waals surface area contributed by atoms with E-state index in [1.165, 1.54) is 11.3 Å². The molecular weight excluding hydrogens is 388 g/mol. The van der Waals surface area contributed by atoms with Crippen LogP contribution >= 0.6 is 11.3 Å².